The Morgan fingerprint density at radius 3 is 2.27 bits per heavy atom. The van der Waals surface area contributed by atoms with E-state index in [-0.39, 0.29) is 30.8 Å². The topological polar surface area (TPSA) is 98.2 Å². The van der Waals surface area contributed by atoms with Crippen LogP contribution in [-0.4, -0.2) is 23.9 Å². The van der Waals surface area contributed by atoms with Gasteiger partial charge in [-0.15, -0.1) is 12.4 Å². The van der Waals surface area contributed by atoms with Gasteiger partial charge in [0, 0.05) is 6.04 Å². The normalized spacial score (nSPS) is 22.2. The summed E-state index contributed by atoms with van der Waals surface area (Å²) in [5.74, 6) is -0.263. The summed E-state index contributed by atoms with van der Waals surface area (Å²) in [6.07, 6.45) is 3.88. The molecular weight excluding hydrogens is 302 g/mol. The molecule has 1 aliphatic rings. The minimum Gasteiger partial charge on any atom is -0.370 e. The molecule has 6 heteroatoms. The molecule has 1 aromatic rings. The summed E-state index contributed by atoms with van der Waals surface area (Å²) in [6, 6.07) is 9.78. The lowest BCUT2D eigenvalue weighted by molar-refractivity contribution is -0.127. The van der Waals surface area contributed by atoms with Crippen LogP contribution in [-0.2, 0) is 9.59 Å². The van der Waals surface area contributed by atoms with Crippen molar-refractivity contribution in [2.24, 2.45) is 11.5 Å². The van der Waals surface area contributed by atoms with Crippen molar-refractivity contribution in [2.75, 3.05) is 0 Å². The Morgan fingerprint density at radius 1 is 1.14 bits per heavy atom. The second-order valence-electron chi connectivity index (χ2n) is 5.74. The second kappa shape index (κ2) is 8.76. The summed E-state index contributed by atoms with van der Waals surface area (Å²) in [5, 5.41) is 2.92. The molecule has 0 bridgehead atoms. The highest BCUT2D eigenvalue weighted by atomic mass is 35.5. The zero-order chi connectivity index (χ0) is 15.2. The molecule has 1 atom stereocenters. The maximum absolute atomic E-state index is 11.9. The van der Waals surface area contributed by atoms with Crippen molar-refractivity contribution in [1.82, 2.24) is 5.32 Å². The summed E-state index contributed by atoms with van der Waals surface area (Å²) in [6.45, 7) is 0. The van der Waals surface area contributed by atoms with E-state index >= 15 is 0 Å². The third kappa shape index (κ3) is 5.31. The fraction of sp³-hybridized carbons (Fsp3) is 0.500. The van der Waals surface area contributed by atoms with Crippen LogP contribution in [0.4, 0.5) is 0 Å². The van der Waals surface area contributed by atoms with Crippen LogP contribution in [0.15, 0.2) is 30.3 Å². The quantitative estimate of drug-likeness (QED) is 0.764. The molecule has 0 saturated heterocycles. The first-order chi connectivity index (χ1) is 10.1. The first kappa shape index (κ1) is 18.5. The van der Waals surface area contributed by atoms with Gasteiger partial charge in [0.05, 0.1) is 12.5 Å². The number of benzene rings is 1. The SMILES string of the molecule is Cl.NC(=O)CC(N)C(=O)NC1CCC(c2ccccc2)CC1. The van der Waals surface area contributed by atoms with E-state index in [0.29, 0.717) is 5.92 Å². The predicted octanol–water partition coefficient (Wildman–Crippen LogP) is 1.45. The molecule has 0 spiro atoms. The molecule has 5 N–H and O–H groups in total. The summed E-state index contributed by atoms with van der Waals surface area (Å²) >= 11 is 0. The average Bonchev–Trinajstić information content (AvgIpc) is 2.48. The van der Waals surface area contributed by atoms with Crippen molar-refractivity contribution in [3.63, 3.8) is 0 Å². The molecule has 2 rings (SSSR count). The lowest BCUT2D eigenvalue weighted by atomic mass is 9.81. The number of halogens is 1. The van der Waals surface area contributed by atoms with Gasteiger partial charge < -0.3 is 16.8 Å². The van der Waals surface area contributed by atoms with Crippen molar-refractivity contribution in [3.05, 3.63) is 35.9 Å². The smallest absolute Gasteiger partial charge is 0.237 e. The molecule has 122 valence electrons. The van der Waals surface area contributed by atoms with Crippen molar-refractivity contribution >= 4 is 24.2 Å². The minimum absolute atomic E-state index is 0. The highest BCUT2D eigenvalue weighted by Gasteiger charge is 2.25. The maximum atomic E-state index is 11.9. The van der Waals surface area contributed by atoms with Crippen LogP contribution in [0, 0.1) is 0 Å². The number of primary amides is 1. The third-order valence-corrected chi connectivity index (χ3v) is 4.10. The highest BCUT2D eigenvalue weighted by molar-refractivity contribution is 5.87. The number of carbonyl (C=O) groups excluding carboxylic acids is 2. The number of carbonyl (C=O) groups is 2. The van der Waals surface area contributed by atoms with Gasteiger partial charge in [-0.1, -0.05) is 30.3 Å². The summed E-state index contributed by atoms with van der Waals surface area (Å²) in [4.78, 5) is 22.6. The fourth-order valence-electron chi connectivity index (χ4n) is 2.91. The number of hydrogen-bond donors (Lipinski definition) is 3. The van der Waals surface area contributed by atoms with Crippen molar-refractivity contribution in [2.45, 2.75) is 50.1 Å². The van der Waals surface area contributed by atoms with Gasteiger partial charge in [0.15, 0.2) is 0 Å². The van der Waals surface area contributed by atoms with Crippen LogP contribution >= 0.6 is 12.4 Å². The van der Waals surface area contributed by atoms with Crippen LogP contribution in [0.3, 0.4) is 0 Å². The van der Waals surface area contributed by atoms with Gasteiger partial charge in [0.1, 0.15) is 0 Å². The van der Waals surface area contributed by atoms with Gasteiger partial charge in [-0.3, -0.25) is 9.59 Å². The molecule has 2 amide bonds. The van der Waals surface area contributed by atoms with Crippen molar-refractivity contribution in [1.29, 1.82) is 0 Å². The Morgan fingerprint density at radius 2 is 1.73 bits per heavy atom. The maximum Gasteiger partial charge on any atom is 0.237 e. The largest absolute Gasteiger partial charge is 0.370 e. The average molecular weight is 326 g/mol. The van der Waals surface area contributed by atoms with Gasteiger partial charge in [-0.25, -0.2) is 0 Å². The molecule has 0 aromatic heterocycles. The highest BCUT2D eigenvalue weighted by Crippen LogP contribution is 2.32. The van der Waals surface area contributed by atoms with Gasteiger partial charge in [0.25, 0.3) is 0 Å². The van der Waals surface area contributed by atoms with E-state index in [9.17, 15) is 9.59 Å². The summed E-state index contributed by atoms with van der Waals surface area (Å²) < 4.78 is 0. The Hall–Kier alpha value is -1.59. The van der Waals surface area contributed by atoms with Crippen LogP contribution in [0.25, 0.3) is 0 Å². The number of amides is 2. The van der Waals surface area contributed by atoms with Gasteiger partial charge in [-0.05, 0) is 37.2 Å². The number of nitrogens with one attached hydrogen (secondary N) is 1. The van der Waals surface area contributed by atoms with Crippen LogP contribution < -0.4 is 16.8 Å². The Kier molecular flexibility index (Phi) is 7.35. The number of nitrogens with two attached hydrogens (primary N) is 2. The van der Waals surface area contributed by atoms with Gasteiger partial charge in [0.2, 0.25) is 11.8 Å². The molecule has 5 nitrogen and oxygen atoms in total. The third-order valence-electron chi connectivity index (χ3n) is 4.10. The van der Waals surface area contributed by atoms with Crippen molar-refractivity contribution in [3.8, 4) is 0 Å². The first-order valence-electron chi connectivity index (χ1n) is 7.45. The zero-order valence-electron chi connectivity index (χ0n) is 12.5. The molecule has 22 heavy (non-hydrogen) atoms. The van der Waals surface area contributed by atoms with Crippen LogP contribution in [0.2, 0.25) is 0 Å². The number of hydrogen-bond acceptors (Lipinski definition) is 3. The Bertz CT molecular complexity index is 487. The molecule has 0 heterocycles. The van der Waals surface area contributed by atoms with E-state index in [4.69, 9.17) is 11.5 Å². The monoisotopic (exact) mass is 325 g/mol. The van der Waals surface area contributed by atoms with Crippen molar-refractivity contribution < 1.29 is 9.59 Å². The molecule has 1 fully saturated rings. The molecule has 0 aliphatic heterocycles. The standard InChI is InChI=1S/C16H23N3O2.ClH/c17-14(10-15(18)20)16(21)19-13-8-6-12(7-9-13)11-4-2-1-3-5-11;/h1-5,12-14H,6-10,17H2,(H2,18,20)(H,19,21);1H. The molecular formula is C16H24ClN3O2. The van der Waals surface area contributed by atoms with E-state index in [1.165, 1.54) is 5.56 Å². The summed E-state index contributed by atoms with van der Waals surface area (Å²) in [5.41, 5.74) is 12.1. The zero-order valence-corrected chi connectivity index (χ0v) is 13.4. The van der Waals surface area contributed by atoms with E-state index in [0.717, 1.165) is 25.7 Å². The number of rotatable bonds is 5. The second-order valence-corrected chi connectivity index (χ2v) is 5.74. The molecule has 1 unspecified atom stereocenters. The van der Waals surface area contributed by atoms with E-state index < -0.39 is 11.9 Å². The Balaban J connectivity index is 0.00000242. The first-order valence-corrected chi connectivity index (χ1v) is 7.45. The predicted molar refractivity (Wildman–Crippen MR) is 88.6 cm³/mol. The van der Waals surface area contributed by atoms with Crippen LogP contribution in [0.5, 0.6) is 0 Å². The van der Waals surface area contributed by atoms with Crippen LogP contribution in [0.1, 0.15) is 43.6 Å². The molecule has 1 aromatic carbocycles. The molecule has 1 saturated carbocycles. The fourth-order valence-corrected chi connectivity index (χ4v) is 2.91. The molecule has 1 aliphatic carbocycles. The molecule has 0 radical (unpaired) electrons. The summed E-state index contributed by atoms with van der Waals surface area (Å²) in [7, 11) is 0. The van der Waals surface area contributed by atoms with E-state index in [1.54, 1.807) is 0 Å². The minimum atomic E-state index is -0.839. The van der Waals surface area contributed by atoms with Gasteiger partial charge >= 0.3 is 0 Å². The Labute approximate surface area is 137 Å². The van der Waals surface area contributed by atoms with E-state index in [2.05, 4.69) is 29.6 Å². The lowest BCUT2D eigenvalue weighted by Gasteiger charge is -2.30. The van der Waals surface area contributed by atoms with E-state index in [1.807, 2.05) is 6.07 Å². The lowest BCUT2D eigenvalue weighted by Crippen LogP contribution is -2.47. The van der Waals surface area contributed by atoms with Gasteiger partial charge in [-0.2, -0.15) is 0 Å².